The van der Waals surface area contributed by atoms with Crippen LogP contribution in [-0.2, 0) is 9.53 Å². The van der Waals surface area contributed by atoms with Gasteiger partial charge in [-0.2, -0.15) is 0 Å². The molecule has 1 aromatic rings. The molecule has 0 aliphatic carbocycles. The van der Waals surface area contributed by atoms with E-state index in [0.29, 0.717) is 12.3 Å². The van der Waals surface area contributed by atoms with Gasteiger partial charge in [-0.15, -0.1) is 0 Å². The molecule has 0 aromatic heterocycles. The fourth-order valence-corrected chi connectivity index (χ4v) is 1.64. The molecule has 20 heavy (non-hydrogen) atoms. The van der Waals surface area contributed by atoms with Crippen LogP contribution >= 0.6 is 0 Å². The molecule has 110 valence electrons. The van der Waals surface area contributed by atoms with Gasteiger partial charge >= 0.3 is 5.97 Å². The predicted octanol–water partition coefficient (Wildman–Crippen LogP) is 1.39. The number of para-hydroxylation sites is 1. The summed E-state index contributed by atoms with van der Waals surface area (Å²) in [6.45, 7) is 3.77. The number of esters is 1. The molecule has 1 amide bonds. The lowest BCUT2D eigenvalue weighted by atomic mass is 10.2. The highest BCUT2D eigenvalue weighted by atomic mass is 16.6. The largest absolute Gasteiger partial charge is 0.493 e. The van der Waals surface area contributed by atoms with Gasteiger partial charge in [0, 0.05) is 6.54 Å². The summed E-state index contributed by atoms with van der Waals surface area (Å²) in [6, 6.07) is 4.87. The van der Waals surface area contributed by atoms with E-state index in [2.05, 4.69) is 5.32 Å². The summed E-state index contributed by atoms with van der Waals surface area (Å²) in [4.78, 5) is 23.6. The highest BCUT2D eigenvalue weighted by Gasteiger charge is 2.22. The van der Waals surface area contributed by atoms with Crippen molar-refractivity contribution >= 4 is 11.9 Å². The summed E-state index contributed by atoms with van der Waals surface area (Å²) in [7, 11) is 2.91. The second-order valence-electron chi connectivity index (χ2n) is 3.98. The van der Waals surface area contributed by atoms with E-state index in [0.717, 1.165) is 0 Å². The predicted molar refractivity (Wildman–Crippen MR) is 73.1 cm³/mol. The van der Waals surface area contributed by atoms with E-state index in [9.17, 15) is 9.59 Å². The van der Waals surface area contributed by atoms with Crippen molar-refractivity contribution in [3.05, 3.63) is 23.8 Å². The summed E-state index contributed by atoms with van der Waals surface area (Å²) in [5, 5.41) is 2.58. The fourth-order valence-electron chi connectivity index (χ4n) is 1.64. The van der Waals surface area contributed by atoms with Crippen molar-refractivity contribution in [1.82, 2.24) is 5.32 Å². The Morgan fingerprint density at radius 3 is 2.50 bits per heavy atom. The topological polar surface area (TPSA) is 73.9 Å². The first-order valence-corrected chi connectivity index (χ1v) is 6.24. The van der Waals surface area contributed by atoms with Crippen LogP contribution in [0.3, 0.4) is 0 Å². The van der Waals surface area contributed by atoms with E-state index in [1.165, 1.54) is 21.1 Å². The van der Waals surface area contributed by atoms with Crippen molar-refractivity contribution in [1.29, 1.82) is 0 Å². The smallest absolute Gasteiger partial charge is 0.342 e. The molecule has 0 fully saturated rings. The SMILES string of the molecule is CCNC(=O)[C@@H](C)OC(=O)c1cccc(OC)c1OC. The van der Waals surface area contributed by atoms with Gasteiger partial charge in [0.05, 0.1) is 14.2 Å². The molecule has 0 aliphatic rings. The molecule has 0 bridgehead atoms. The normalized spacial score (nSPS) is 11.4. The third-order valence-electron chi connectivity index (χ3n) is 2.63. The number of ether oxygens (including phenoxy) is 3. The van der Waals surface area contributed by atoms with Crippen LogP contribution in [0.4, 0.5) is 0 Å². The summed E-state index contributed by atoms with van der Waals surface area (Å²) in [5.41, 5.74) is 0.211. The van der Waals surface area contributed by atoms with Crippen LogP contribution in [0, 0.1) is 0 Å². The van der Waals surface area contributed by atoms with Gasteiger partial charge in [0.2, 0.25) is 0 Å². The molecular weight excluding hydrogens is 262 g/mol. The minimum Gasteiger partial charge on any atom is -0.493 e. The molecule has 0 saturated carbocycles. The van der Waals surface area contributed by atoms with Crippen LogP contribution in [-0.4, -0.2) is 38.7 Å². The van der Waals surface area contributed by atoms with Gasteiger partial charge in [0.25, 0.3) is 5.91 Å². The molecule has 1 atom stereocenters. The van der Waals surface area contributed by atoms with Crippen LogP contribution in [0.15, 0.2) is 18.2 Å². The van der Waals surface area contributed by atoms with Crippen LogP contribution < -0.4 is 14.8 Å². The third-order valence-corrected chi connectivity index (χ3v) is 2.63. The Labute approximate surface area is 118 Å². The molecule has 0 unspecified atom stereocenters. The number of methoxy groups -OCH3 is 2. The Morgan fingerprint density at radius 2 is 1.95 bits per heavy atom. The minimum absolute atomic E-state index is 0.211. The monoisotopic (exact) mass is 281 g/mol. The lowest BCUT2D eigenvalue weighted by Gasteiger charge is -2.15. The van der Waals surface area contributed by atoms with Crippen LogP contribution in [0.1, 0.15) is 24.2 Å². The average Bonchev–Trinajstić information content (AvgIpc) is 2.46. The first-order chi connectivity index (χ1) is 9.54. The van der Waals surface area contributed by atoms with Gasteiger partial charge < -0.3 is 19.5 Å². The molecule has 6 nitrogen and oxygen atoms in total. The molecule has 1 N–H and O–H groups in total. The number of rotatable bonds is 6. The van der Waals surface area contributed by atoms with Crippen molar-refractivity contribution in [2.45, 2.75) is 20.0 Å². The van der Waals surface area contributed by atoms with Gasteiger partial charge in [0.1, 0.15) is 5.56 Å². The number of likely N-dealkylation sites (N-methyl/N-ethyl adjacent to an activating group) is 1. The lowest BCUT2D eigenvalue weighted by Crippen LogP contribution is -2.35. The van der Waals surface area contributed by atoms with Gasteiger partial charge in [-0.3, -0.25) is 4.79 Å². The van der Waals surface area contributed by atoms with Crippen molar-refractivity contribution in [2.75, 3.05) is 20.8 Å². The molecule has 0 saturated heterocycles. The number of benzene rings is 1. The zero-order valence-corrected chi connectivity index (χ0v) is 12.1. The second kappa shape index (κ2) is 7.37. The molecule has 0 heterocycles. The van der Waals surface area contributed by atoms with E-state index in [4.69, 9.17) is 14.2 Å². The van der Waals surface area contributed by atoms with E-state index in [1.807, 2.05) is 0 Å². The van der Waals surface area contributed by atoms with E-state index >= 15 is 0 Å². The van der Waals surface area contributed by atoms with Crippen molar-refractivity contribution in [2.24, 2.45) is 0 Å². The minimum atomic E-state index is -0.877. The van der Waals surface area contributed by atoms with Gasteiger partial charge in [-0.05, 0) is 26.0 Å². The zero-order valence-electron chi connectivity index (χ0n) is 12.1. The summed E-state index contributed by atoms with van der Waals surface area (Å²) in [5.74, 6) is -0.280. The van der Waals surface area contributed by atoms with E-state index in [1.54, 1.807) is 25.1 Å². The Kier molecular flexibility index (Phi) is 5.83. The van der Waals surface area contributed by atoms with Crippen LogP contribution in [0.5, 0.6) is 11.5 Å². The maximum absolute atomic E-state index is 12.1. The van der Waals surface area contributed by atoms with Crippen LogP contribution in [0.25, 0.3) is 0 Å². The molecule has 1 aromatic carbocycles. The van der Waals surface area contributed by atoms with Gasteiger partial charge in [0.15, 0.2) is 17.6 Å². The highest BCUT2D eigenvalue weighted by molar-refractivity contribution is 5.95. The van der Waals surface area contributed by atoms with Crippen LogP contribution in [0.2, 0.25) is 0 Å². The number of hydrogen-bond donors (Lipinski definition) is 1. The Hall–Kier alpha value is -2.24. The number of amides is 1. The van der Waals surface area contributed by atoms with Gasteiger partial charge in [-0.25, -0.2) is 4.79 Å². The summed E-state index contributed by atoms with van der Waals surface area (Å²) < 4.78 is 15.4. The van der Waals surface area contributed by atoms with E-state index < -0.39 is 12.1 Å². The average molecular weight is 281 g/mol. The number of hydrogen-bond acceptors (Lipinski definition) is 5. The zero-order chi connectivity index (χ0) is 15.1. The lowest BCUT2D eigenvalue weighted by molar-refractivity contribution is -0.128. The molecule has 1 rings (SSSR count). The van der Waals surface area contributed by atoms with Crippen molar-refractivity contribution < 1.29 is 23.8 Å². The molecule has 0 spiro atoms. The Bertz CT molecular complexity index is 486. The number of nitrogens with one attached hydrogen (secondary N) is 1. The number of carbonyl (C=O) groups excluding carboxylic acids is 2. The second-order valence-corrected chi connectivity index (χ2v) is 3.98. The first kappa shape index (κ1) is 15.8. The number of carbonyl (C=O) groups is 2. The Balaban J connectivity index is 2.90. The Morgan fingerprint density at radius 1 is 1.25 bits per heavy atom. The third kappa shape index (κ3) is 3.63. The van der Waals surface area contributed by atoms with Gasteiger partial charge in [-0.1, -0.05) is 6.07 Å². The van der Waals surface area contributed by atoms with Crippen molar-refractivity contribution in [3.63, 3.8) is 0 Å². The molecular formula is C14H19NO5. The summed E-state index contributed by atoms with van der Waals surface area (Å²) >= 11 is 0. The molecule has 0 aliphatic heterocycles. The fraction of sp³-hybridized carbons (Fsp3) is 0.429. The van der Waals surface area contributed by atoms with E-state index in [-0.39, 0.29) is 17.2 Å². The highest BCUT2D eigenvalue weighted by Crippen LogP contribution is 2.31. The maximum Gasteiger partial charge on any atom is 0.342 e. The quantitative estimate of drug-likeness (QED) is 0.797. The summed E-state index contributed by atoms with van der Waals surface area (Å²) in [6.07, 6.45) is -0.877. The first-order valence-electron chi connectivity index (χ1n) is 6.24. The molecule has 6 heteroatoms. The maximum atomic E-state index is 12.1. The van der Waals surface area contributed by atoms with Crippen molar-refractivity contribution in [3.8, 4) is 11.5 Å². The molecule has 0 radical (unpaired) electrons. The standard InChI is InChI=1S/C14H19NO5/c1-5-15-13(16)9(2)20-14(17)10-7-6-8-11(18-3)12(10)19-4/h6-9H,5H2,1-4H3,(H,15,16)/t9-/m1/s1.